The molecule has 2 saturated heterocycles. The number of carbonyl (C=O) groups excluding carboxylic acids is 2. The summed E-state index contributed by atoms with van der Waals surface area (Å²) >= 11 is 5.90. The van der Waals surface area contributed by atoms with E-state index in [1.165, 1.54) is 6.42 Å². The SMILES string of the molecule is CC(C)(Oc1ccc(Cl)cc1)C(=O)N1CCN(C(=O)N2CCCCC2)CC1. The number of piperazine rings is 1. The summed E-state index contributed by atoms with van der Waals surface area (Å²) in [5, 5.41) is 0.626. The van der Waals surface area contributed by atoms with Crippen LogP contribution in [0.3, 0.4) is 0 Å². The second-order valence-electron chi connectivity index (χ2n) is 7.68. The third kappa shape index (κ3) is 4.86. The molecule has 2 aliphatic rings. The summed E-state index contributed by atoms with van der Waals surface area (Å²) < 4.78 is 5.90. The molecule has 0 bridgehead atoms. The van der Waals surface area contributed by atoms with E-state index in [0.717, 1.165) is 25.9 Å². The fourth-order valence-corrected chi connectivity index (χ4v) is 3.73. The summed E-state index contributed by atoms with van der Waals surface area (Å²) in [7, 11) is 0. The van der Waals surface area contributed by atoms with Gasteiger partial charge in [-0.25, -0.2) is 4.79 Å². The fourth-order valence-electron chi connectivity index (χ4n) is 3.61. The van der Waals surface area contributed by atoms with Crippen LogP contribution >= 0.6 is 11.6 Å². The van der Waals surface area contributed by atoms with Crippen molar-refractivity contribution in [3.05, 3.63) is 29.3 Å². The van der Waals surface area contributed by atoms with Gasteiger partial charge < -0.3 is 19.4 Å². The molecule has 0 radical (unpaired) electrons. The van der Waals surface area contributed by atoms with Gasteiger partial charge in [0.1, 0.15) is 5.75 Å². The number of urea groups is 1. The lowest BCUT2D eigenvalue weighted by atomic mass is 10.1. The van der Waals surface area contributed by atoms with Crippen LogP contribution < -0.4 is 4.74 Å². The van der Waals surface area contributed by atoms with Crippen molar-refractivity contribution < 1.29 is 14.3 Å². The van der Waals surface area contributed by atoms with Gasteiger partial charge in [-0.3, -0.25) is 4.79 Å². The molecule has 0 atom stereocenters. The fraction of sp³-hybridized carbons (Fsp3) is 0.600. The van der Waals surface area contributed by atoms with E-state index in [-0.39, 0.29) is 11.9 Å². The van der Waals surface area contributed by atoms with Crippen molar-refractivity contribution >= 4 is 23.5 Å². The molecule has 2 aliphatic heterocycles. The number of ether oxygens (including phenoxy) is 1. The molecule has 0 unspecified atom stereocenters. The maximum Gasteiger partial charge on any atom is 0.320 e. The van der Waals surface area contributed by atoms with Gasteiger partial charge >= 0.3 is 6.03 Å². The van der Waals surface area contributed by atoms with E-state index < -0.39 is 5.60 Å². The molecule has 1 aromatic carbocycles. The van der Waals surface area contributed by atoms with Crippen LogP contribution in [0.25, 0.3) is 0 Å². The first-order chi connectivity index (χ1) is 12.9. The minimum absolute atomic E-state index is 0.0671. The Morgan fingerprint density at radius 2 is 1.37 bits per heavy atom. The quantitative estimate of drug-likeness (QED) is 0.792. The summed E-state index contributed by atoms with van der Waals surface area (Å²) in [5.41, 5.74) is -0.979. The Morgan fingerprint density at radius 3 is 1.96 bits per heavy atom. The largest absolute Gasteiger partial charge is 0.478 e. The van der Waals surface area contributed by atoms with Crippen LogP contribution in [-0.4, -0.2) is 71.5 Å². The molecule has 2 fully saturated rings. The number of hydrogen-bond donors (Lipinski definition) is 0. The van der Waals surface area contributed by atoms with Crippen LogP contribution in [0, 0.1) is 0 Å². The number of hydrogen-bond acceptors (Lipinski definition) is 3. The molecule has 3 rings (SSSR count). The number of halogens is 1. The molecule has 0 aromatic heterocycles. The molecule has 6 nitrogen and oxygen atoms in total. The third-order valence-corrected chi connectivity index (χ3v) is 5.42. The van der Waals surface area contributed by atoms with Crippen molar-refractivity contribution in [2.24, 2.45) is 0 Å². The highest BCUT2D eigenvalue weighted by molar-refractivity contribution is 6.30. The lowest BCUT2D eigenvalue weighted by Gasteiger charge is -2.40. The van der Waals surface area contributed by atoms with Crippen LogP contribution in [0.4, 0.5) is 4.79 Å². The predicted octanol–water partition coefficient (Wildman–Crippen LogP) is 3.25. The van der Waals surface area contributed by atoms with Gasteiger partial charge in [0.2, 0.25) is 0 Å². The Hall–Kier alpha value is -1.95. The van der Waals surface area contributed by atoms with E-state index in [2.05, 4.69) is 0 Å². The average molecular weight is 394 g/mol. The van der Waals surface area contributed by atoms with Crippen LogP contribution in [-0.2, 0) is 4.79 Å². The van der Waals surface area contributed by atoms with Crippen molar-refractivity contribution in [2.45, 2.75) is 38.7 Å². The zero-order valence-electron chi connectivity index (χ0n) is 16.1. The van der Waals surface area contributed by atoms with Gasteiger partial charge in [-0.1, -0.05) is 11.6 Å². The zero-order valence-corrected chi connectivity index (χ0v) is 16.9. The van der Waals surface area contributed by atoms with Crippen molar-refractivity contribution in [3.8, 4) is 5.75 Å². The summed E-state index contributed by atoms with van der Waals surface area (Å²) in [6, 6.07) is 7.10. The van der Waals surface area contributed by atoms with Crippen molar-refractivity contribution in [1.82, 2.24) is 14.7 Å². The Kier molecular flexibility index (Phi) is 6.15. The second kappa shape index (κ2) is 8.38. The number of amides is 3. The molecule has 27 heavy (non-hydrogen) atoms. The van der Waals surface area contributed by atoms with Crippen LogP contribution in [0.1, 0.15) is 33.1 Å². The summed E-state index contributed by atoms with van der Waals surface area (Å²) in [6.45, 7) is 7.44. The lowest BCUT2D eigenvalue weighted by Crippen LogP contribution is -2.58. The minimum Gasteiger partial charge on any atom is -0.478 e. The molecule has 148 valence electrons. The van der Waals surface area contributed by atoms with E-state index in [4.69, 9.17) is 16.3 Å². The van der Waals surface area contributed by atoms with Crippen molar-refractivity contribution in [2.75, 3.05) is 39.3 Å². The number of benzene rings is 1. The van der Waals surface area contributed by atoms with E-state index in [1.807, 2.05) is 9.80 Å². The Balaban J connectivity index is 1.53. The molecule has 0 saturated carbocycles. The highest BCUT2D eigenvalue weighted by atomic mass is 35.5. The van der Waals surface area contributed by atoms with Gasteiger partial charge in [0.15, 0.2) is 5.60 Å². The zero-order chi connectivity index (χ0) is 19.4. The number of rotatable bonds is 3. The van der Waals surface area contributed by atoms with Gasteiger partial charge in [-0.05, 0) is 57.4 Å². The van der Waals surface area contributed by atoms with Crippen LogP contribution in [0.5, 0.6) is 5.75 Å². The molecule has 0 N–H and O–H groups in total. The maximum absolute atomic E-state index is 12.9. The van der Waals surface area contributed by atoms with Gasteiger partial charge in [-0.2, -0.15) is 0 Å². The summed E-state index contributed by atoms with van der Waals surface area (Å²) in [5.74, 6) is 0.541. The van der Waals surface area contributed by atoms with Gasteiger partial charge in [0.05, 0.1) is 0 Å². The highest BCUT2D eigenvalue weighted by Gasteiger charge is 2.36. The van der Waals surface area contributed by atoms with Crippen molar-refractivity contribution in [1.29, 1.82) is 0 Å². The average Bonchev–Trinajstić information content (AvgIpc) is 2.69. The monoisotopic (exact) mass is 393 g/mol. The topological polar surface area (TPSA) is 53.1 Å². The van der Waals surface area contributed by atoms with Crippen LogP contribution in [0.2, 0.25) is 5.02 Å². The first-order valence-corrected chi connectivity index (χ1v) is 10.0. The Morgan fingerprint density at radius 1 is 0.852 bits per heavy atom. The molecule has 7 heteroatoms. The van der Waals surface area contributed by atoms with E-state index in [1.54, 1.807) is 43.0 Å². The van der Waals surface area contributed by atoms with Crippen LogP contribution in [0.15, 0.2) is 24.3 Å². The number of nitrogens with zero attached hydrogens (tertiary/aromatic N) is 3. The molecule has 3 amide bonds. The highest BCUT2D eigenvalue weighted by Crippen LogP contribution is 2.23. The van der Waals surface area contributed by atoms with Crippen molar-refractivity contribution in [3.63, 3.8) is 0 Å². The predicted molar refractivity (Wildman–Crippen MR) is 105 cm³/mol. The standard InChI is InChI=1S/C20H28ClN3O3/c1-20(2,27-17-8-6-16(21)7-9-17)18(25)22-12-14-24(15-13-22)19(26)23-10-4-3-5-11-23/h6-9H,3-5,10-15H2,1-2H3. The van der Waals surface area contributed by atoms with Gasteiger partial charge in [-0.15, -0.1) is 0 Å². The van der Waals surface area contributed by atoms with E-state index in [0.29, 0.717) is 37.0 Å². The second-order valence-corrected chi connectivity index (χ2v) is 8.11. The number of carbonyl (C=O) groups is 2. The first kappa shape index (κ1) is 19.8. The molecular weight excluding hydrogens is 366 g/mol. The normalized spacial score (nSPS) is 18.4. The number of likely N-dealkylation sites (tertiary alicyclic amines) is 1. The molecule has 2 heterocycles. The van der Waals surface area contributed by atoms with Gasteiger partial charge in [0, 0.05) is 44.3 Å². The lowest BCUT2D eigenvalue weighted by molar-refractivity contribution is -0.147. The number of piperidine rings is 1. The Labute approximate surface area is 166 Å². The summed E-state index contributed by atoms with van der Waals surface area (Å²) in [4.78, 5) is 31.1. The third-order valence-electron chi connectivity index (χ3n) is 5.17. The van der Waals surface area contributed by atoms with E-state index >= 15 is 0 Å². The Bertz CT molecular complexity index is 664. The van der Waals surface area contributed by atoms with E-state index in [9.17, 15) is 9.59 Å². The smallest absolute Gasteiger partial charge is 0.320 e. The molecule has 0 aliphatic carbocycles. The maximum atomic E-state index is 12.9. The first-order valence-electron chi connectivity index (χ1n) is 9.65. The molecule has 1 aromatic rings. The molecular formula is C20H28ClN3O3. The van der Waals surface area contributed by atoms with Gasteiger partial charge in [0.25, 0.3) is 5.91 Å². The molecule has 0 spiro atoms. The summed E-state index contributed by atoms with van der Waals surface area (Å²) in [6.07, 6.45) is 3.37. The minimum atomic E-state index is -0.979.